The number of guanidine groups is 1. The summed E-state index contributed by atoms with van der Waals surface area (Å²) in [5, 5.41) is 6.60. The maximum atomic E-state index is 14.4. The highest BCUT2D eigenvalue weighted by atomic mass is 127. The van der Waals surface area contributed by atoms with Gasteiger partial charge in [0.1, 0.15) is 0 Å². The van der Waals surface area contributed by atoms with Crippen molar-refractivity contribution in [2.75, 3.05) is 46.1 Å². The first-order valence-corrected chi connectivity index (χ1v) is 11.3. The van der Waals surface area contributed by atoms with Crippen molar-refractivity contribution in [3.8, 4) is 5.75 Å². The van der Waals surface area contributed by atoms with E-state index >= 15 is 0 Å². The van der Waals surface area contributed by atoms with Gasteiger partial charge in [-0.2, -0.15) is 0 Å². The van der Waals surface area contributed by atoms with Crippen LogP contribution in [0.5, 0.6) is 5.75 Å². The Balaban J connectivity index is 0.00000341. The minimum Gasteiger partial charge on any atom is -0.490 e. The number of rotatable bonds is 12. The Morgan fingerprint density at radius 1 is 1.26 bits per heavy atom. The molecule has 3 rings (SSSR count). The van der Waals surface area contributed by atoms with Crippen molar-refractivity contribution in [3.63, 3.8) is 0 Å². The van der Waals surface area contributed by atoms with Gasteiger partial charge in [0.15, 0.2) is 17.5 Å². The molecule has 8 heteroatoms. The number of aliphatic imine (C=N–C) groups is 1. The van der Waals surface area contributed by atoms with Crippen LogP contribution in [0.4, 0.5) is 4.39 Å². The number of benzene rings is 1. The Bertz CT molecular complexity index is 682. The van der Waals surface area contributed by atoms with Crippen molar-refractivity contribution in [2.24, 2.45) is 16.8 Å². The van der Waals surface area contributed by atoms with E-state index < -0.39 is 0 Å². The second-order valence-electron chi connectivity index (χ2n) is 8.23. The van der Waals surface area contributed by atoms with Crippen LogP contribution in [-0.2, 0) is 9.47 Å². The molecule has 1 aliphatic heterocycles. The van der Waals surface area contributed by atoms with E-state index in [0.717, 1.165) is 50.7 Å². The Labute approximate surface area is 202 Å². The first-order chi connectivity index (χ1) is 14.7. The zero-order valence-electron chi connectivity index (χ0n) is 18.7. The van der Waals surface area contributed by atoms with Crippen molar-refractivity contribution in [3.05, 3.63) is 29.6 Å². The van der Waals surface area contributed by atoms with Gasteiger partial charge in [0.2, 0.25) is 0 Å². The number of hydrogen-bond donors (Lipinski definition) is 2. The van der Waals surface area contributed by atoms with Gasteiger partial charge < -0.3 is 24.8 Å². The van der Waals surface area contributed by atoms with Crippen molar-refractivity contribution in [1.82, 2.24) is 10.6 Å². The lowest BCUT2D eigenvalue weighted by atomic mass is 10.1. The van der Waals surface area contributed by atoms with Crippen molar-refractivity contribution in [1.29, 1.82) is 0 Å². The maximum absolute atomic E-state index is 14.4. The fourth-order valence-corrected chi connectivity index (χ4v) is 3.33. The van der Waals surface area contributed by atoms with Crippen molar-refractivity contribution in [2.45, 2.75) is 45.6 Å². The van der Waals surface area contributed by atoms with Crippen LogP contribution in [0.25, 0.3) is 0 Å². The molecule has 1 saturated carbocycles. The van der Waals surface area contributed by atoms with Crippen LogP contribution in [-0.4, -0.2) is 52.1 Å². The van der Waals surface area contributed by atoms with E-state index in [0.29, 0.717) is 37.3 Å². The molecule has 2 unspecified atom stereocenters. The number of halogens is 2. The van der Waals surface area contributed by atoms with Gasteiger partial charge in [0.05, 0.1) is 25.9 Å². The van der Waals surface area contributed by atoms with E-state index in [4.69, 9.17) is 14.2 Å². The lowest BCUT2D eigenvalue weighted by molar-refractivity contribution is 0.0893. The summed E-state index contributed by atoms with van der Waals surface area (Å²) >= 11 is 0. The van der Waals surface area contributed by atoms with Gasteiger partial charge in [-0.05, 0) is 63.1 Å². The number of ether oxygens (including phenoxy) is 3. The summed E-state index contributed by atoms with van der Waals surface area (Å²) in [5.41, 5.74) is 0.860. The first kappa shape index (κ1) is 26.1. The van der Waals surface area contributed by atoms with Gasteiger partial charge in [0.25, 0.3) is 0 Å². The molecule has 0 spiro atoms. The normalized spacial score (nSPS) is 19.6. The maximum Gasteiger partial charge on any atom is 0.191 e. The Hall–Kier alpha value is -1.13. The predicted molar refractivity (Wildman–Crippen MR) is 132 cm³/mol. The minimum absolute atomic E-state index is 0. The smallest absolute Gasteiger partial charge is 0.191 e. The molecule has 0 radical (unpaired) electrons. The summed E-state index contributed by atoms with van der Waals surface area (Å²) in [6, 6.07) is 5.10. The highest BCUT2D eigenvalue weighted by Crippen LogP contribution is 2.30. The first-order valence-electron chi connectivity index (χ1n) is 11.3. The molecule has 1 aromatic carbocycles. The average Bonchev–Trinajstić information content (AvgIpc) is 3.42. The molecule has 2 fully saturated rings. The highest BCUT2D eigenvalue weighted by molar-refractivity contribution is 14.0. The van der Waals surface area contributed by atoms with Gasteiger partial charge in [-0.1, -0.05) is 6.07 Å². The Morgan fingerprint density at radius 3 is 2.77 bits per heavy atom. The molecule has 2 aliphatic rings. The van der Waals surface area contributed by atoms with Crippen LogP contribution in [0.3, 0.4) is 0 Å². The second kappa shape index (κ2) is 14.1. The molecule has 31 heavy (non-hydrogen) atoms. The molecule has 0 amide bonds. The van der Waals surface area contributed by atoms with Crippen molar-refractivity contribution >= 4 is 29.9 Å². The lowest BCUT2D eigenvalue weighted by Crippen LogP contribution is -2.38. The molecule has 2 N–H and O–H groups in total. The summed E-state index contributed by atoms with van der Waals surface area (Å²) in [6.45, 7) is 9.21. The summed E-state index contributed by atoms with van der Waals surface area (Å²) in [5.74, 6) is 1.89. The molecule has 1 aliphatic carbocycles. The molecular formula is C23H37FIN3O3. The quantitative estimate of drug-likeness (QED) is 0.176. The van der Waals surface area contributed by atoms with Crippen LogP contribution in [0.1, 0.15) is 51.1 Å². The van der Waals surface area contributed by atoms with Gasteiger partial charge in [-0.25, -0.2) is 4.39 Å². The van der Waals surface area contributed by atoms with Crippen molar-refractivity contribution < 1.29 is 18.6 Å². The second-order valence-corrected chi connectivity index (χ2v) is 8.23. The van der Waals surface area contributed by atoms with Crippen LogP contribution in [0, 0.1) is 17.7 Å². The molecule has 2 atom stereocenters. The zero-order valence-corrected chi connectivity index (χ0v) is 21.0. The molecule has 1 heterocycles. The zero-order chi connectivity index (χ0) is 21.2. The SMILES string of the molecule is CCNC(=NCCCOCC1CCOC1)NC(C)c1ccc(OCC2CC2)c(F)c1.I. The molecule has 1 saturated heterocycles. The Kier molecular flexibility index (Phi) is 11.9. The molecule has 1 aromatic rings. The highest BCUT2D eigenvalue weighted by Gasteiger charge is 2.22. The molecule has 6 nitrogen and oxygen atoms in total. The summed E-state index contributed by atoms with van der Waals surface area (Å²) < 4.78 is 31.0. The van der Waals surface area contributed by atoms with Crippen LogP contribution in [0.2, 0.25) is 0 Å². The summed E-state index contributed by atoms with van der Waals surface area (Å²) in [4.78, 5) is 4.62. The largest absolute Gasteiger partial charge is 0.490 e. The predicted octanol–water partition coefficient (Wildman–Crippen LogP) is 4.29. The number of nitrogens with one attached hydrogen (secondary N) is 2. The monoisotopic (exact) mass is 549 g/mol. The third-order valence-electron chi connectivity index (χ3n) is 5.42. The van der Waals surface area contributed by atoms with E-state index in [1.54, 1.807) is 12.1 Å². The third-order valence-corrected chi connectivity index (χ3v) is 5.42. The van der Waals surface area contributed by atoms with Crippen LogP contribution >= 0.6 is 24.0 Å². The van der Waals surface area contributed by atoms with Gasteiger partial charge >= 0.3 is 0 Å². The standard InChI is InChI=1S/C23H36FN3O3.HI/c1-3-25-23(26-10-4-11-28-14-19-9-12-29-15-19)27-17(2)20-7-8-22(21(24)13-20)30-16-18-5-6-18;/h7-8,13,17-19H,3-6,9-12,14-16H2,1-2H3,(H2,25,26,27);1H. The van der Waals surface area contributed by atoms with E-state index in [9.17, 15) is 4.39 Å². The fourth-order valence-electron chi connectivity index (χ4n) is 3.33. The average molecular weight is 549 g/mol. The van der Waals surface area contributed by atoms with Crippen LogP contribution < -0.4 is 15.4 Å². The van der Waals surface area contributed by atoms with Crippen LogP contribution in [0.15, 0.2) is 23.2 Å². The molecule has 0 aromatic heterocycles. The third kappa shape index (κ3) is 9.49. The molecule has 176 valence electrons. The molecular weight excluding hydrogens is 512 g/mol. The Morgan fingerprint density at radius 2 is 2.10 bits per heavy atom. The van der Waals surface area contributed by atoms with E-state index in [1.807, 2.05) is 19.9 Å². The van der Waals surface area contributed by atoms with E-state index in [-0.39, 0.29) is 35.8 Å². The topological polar surface area (TPSA) is 64.1 Å². The summed E-state index contributed by atoms with van der Waals surface area (Å²) in [6.07, 6.45) is 4.34. The summed E-state index contributed by atoms with van der Waals surface area (Å²) in [7, 11) is 0. The number of hydrogen-bond acceptors (Lipinski definition) is 4. The van der Waals surface area contributed by atoms with E-state index in [1.165, 1.54) is 12.8 Å². The number of nitrogens with zero attached hydrogens (tertiary/aromatic N) is 1. The fraction of sp³-hybridized carbons (Fsp3) is 0.696. The lowest BCUT2D eigenvalue weighted by Gasteiger charge is -2.19. The minimum atomic E-state index is -0.312. The van der Waals surface area contributed by atoms with Gasteiger partial charge in [0, 0.05) is 32.2 Å². The molecule has 0 bridgehead atoms. The van der Waals surface area contributed by atoms with Gasteiger partial charge in [-0.3, -0.25) is 4.99 Å². The van der Waals surface area contributed by atoms with Gasteiger partial charge in [-0.15, -0.1) is 24.0 Å². The van der Waals surface area contributed by atoms with E-state index in [2.05, 4.69) is 15.6 Å².